The Bertz CT molecular complexity index is 1420. The fraction of sp³-hybridized carbons (Fsp3) is 0.250. The number of aliphatic carboxylic acids is 1. The highest BCUT2D eigenvalue weighted by molar-refractivity contribution is 7.90. The monoisotopic (exact) mass is 488 g/mol. The highest BCUT2D eigenvalue weighted by atomic mass is 35.5. The van der Waals surface area contributed by atoms with E-state index in [4.69, 9.17) is 21.1 Å². The largest absolute Gasteiger partial charge is 0.481 e. The molecule has 0 amide bonds. The summed E-state index contributed by atoms with van der Waals surface area (Å²) in [7, 11) is -3.51. The molecule has 0 bridgehead atoms. The summed E-state index contributed by atoms with van der Waals surface area (Å²) in [6.45, 7) is 5.35. The number of nitrogens with zero attached hydrogens (tertiary/aromatic N) is 2. The normalized spacial score (nSPS) is 12.7. The van der Waals surface area contributed by atoms with Crippen molar-refractivity contribution in [3.63, 3.8) is 0 Å². The molecule has 0 saturated heterocycles. The van der Waals surface area contributed by atoms with Gasteiger partial charge in [-0.25, -0.2) is 17.4 Å². The Morgan fingerprint density at radius 1 is 1.24 bits per heavy atom. The SMILES string of the molecule is CCC(C)C(=O)O.Cc1nc2ccc(C=CCS(=O)(=O)n3ccc4cc(Cl)ccc43)cc2o1. The third-order valence-corrected chi connectivity index (χ3v) is 6.85. The van der Waals surface area contributed by atoms with E-state index in [1.165, 1.54) is 3.97 Å². The molecule has 0 aliphatic heterocycles. The third kappa shape index (κ3) is 6.03. The second-order valence-corrected chi connectivity index (χ2v) is 9.93. The summed E-state index contributed by atoms with van der Waals surface area (Å²) in [5, 5.41) is 9.54. The number of carboxylic acid groups (broad SMARTS) is 1. The van der Waals surface area contributed by atoms with Gasteiger partial charge >= 0.3 is 5.97 Å². The standard InChI is InChI=1S/C19H15ClN2O3S.C5H10O2/c1-13-21-17-6-4-14(11-19(17)25-13)3-2-10-26(23,24)22-9-8-15-12-16(20)5-7-18(15)22;1-3-4(2)5(6)7/h2-9,11-12H,10H2,1H3;4H,3H2,1-2H3,(H,6,7). The van der Waals surface area contributed by atoms with Gasteiger partial charge in [-0.3, -0.25) is 4.79 Å². The Morgan fingerprint density at radius 3 is 2.67 bits per heavy atom. The number of rotatable bonds is 6. The van der Waals surface area contributed by atoms with Crippen LogP contribution < -0.4 is 0 Å². The van der Waals surface area contributed by atoms with Crippen molar-refractivity contribution in [3.05, 3.63) is 71.2 Å². The van der Waals surface area contributed by atoms with Crippen molar-refractivity contribution in [1.82, 2.24) is 8.96 Å². The molecule has 9 heteroatoms. The van der Waals surface area contributed by atoms with Crippen LogP contribution in [0.5, 0.6) is 0 Å². The molecule has 4 rings (SSSR count). The minimum atomic E-state index is -3.51. The van der Waals surface area contributed by atoms with Crippen LogP contribution in [0.4, 0.5) is 0 Å². The number of carboxylic acids is 1. The third-order valence-electron chi connectivity index (χ3n) is 5.09. The Morgan fingerprint density at radius 2 is 2.00 bits per heavy atom. The summed E-state index contributed by atoms with van der Waals surface area (Å²) in [5.74, 6) is -0.404. The van der Waals surface area contributed by atoms with Crippen molar-refractivity contribution in [3.8, 4) is 0 Å². The van der Waals surface area contributed by atoms with Crippen LogP contribution in [0.1, 0.15) is 31.7 Å². The van der Waals surface area contributed by atoms with Crippen LogP contribution in [0.15, 0.2) is 59.2 Å². The molecule has 2 aromatic heterocycles. The highest BCUT2D eigenvalue weighted by Gasteiger charge is 2.14. The molecule has 1 unspecified atom stereocenters. The summed E-state index contributed by atoms with van der Waals surface area (Å²) in [5.41, 5.74) is 2.93. The molecule has 0 radical (unpaired) electrons. The van der Waals surface area contributed by atoms with Crippen molar-refractivity contribution in [1.29, 1.82) is 0 Å². The molecular formula is C24H25ClN2O5S. The van der Waals surface area contributed by atoms with Gasteiger partial charge < -0.3 is 9.52 Å². The molecule has 0 fully saturated rings. The van der Waals surface area contributed by atoms with Crippen LogP contribution in [-0.2, 0) is 14.8 Å². The zero-order valence-electron chi connectivity index (χ0n) is 18.5. The molecule has 2 aromatic carbocycles. The average Bonchev–Trinajstić information content (AvgIpc) is 3.35. The number of aryl methyl sites for hydroxylation is 1. The molecule has 0 spiro atoms. The number of fused-ring (bicyclic) bond motifs is 2. The molecule has 33 heavy (non-hydrogen) atoms. The summed E-state index contributed by atoms with van der Waals surface area (Å²) < 4.78 is 32.1. The van der Waals surface area contributed by atoms with Gasteiger partial charge in [0.2, 0.25) is 10.0 Å². The van der Waals surface area contributed by atoms with Gasteiger partial charge in [-0.2, -0.15) is 0 Å². The number of hydrogen-bond donors (Lipinski definition) is 1. The molecule has 0 aliphatic carbocycles. The number of hydrogen-bond acceptors (Lipinski definition) is 5. The van der Waals surface area contributed by atoms with Crippen molar-refractivity contribution in [2.45, 2.75) is 27.2 Å². The first-order valence-corrected chi connectivity index (χ1v) is 12.4. The van der Waals surface area contributed by atoms with Gasteiger partial charge in [0.1, 0.15) is 5.52 Å². The minimum absolute atomic E-state index is 0.118. The fourth-order valence-corrected chi connectivity index (χ4v) is 4.44. The Balaban J connectivity index is 0.000000383. The van der Waals surface area contributed by atoms with E-state index in [0.717, 1.165) is 22.9 Å². The van der Waals surface area contributed by atoms with Crippen LogP contribution in [0.3, 0.4) is 0 Å². The Hall–Kier alpha value is -3.10. The second-order valence-electron chi connectivity index (χ2n) is 7.60. The summed E-state index contributed by atoms with van der Waals surface area (Å²) >= 11 is 5.95. The van der Waals surface area contributed by atoms with E-state index in [9.17, 15) is 13.2 Å². The molecule has 174 valence electrons. The topological polar surface area (TPSA) is 102 Å². The number of benzene rings is 2. The van der Waals surface area contributed by atoms with Gasteiger partial charge in [0, 0.05) is 23.5 Å². The van der Waals surface area contributed by atoms with E-state index < -0.39 is 16.0 Å². The Labute approximate surface area is 197 Å². The van der Waals surface area contributed by atoms with E-state index >= 15 is 0 Å². The van der Waals surface area contributed by atoms with E-state index in [1.807, 2.05) is 25.1 Å². The van der Waals surface area contributed by atoms with Crippen molar-refractivity contribution >= 4 is 55.7 Å². The van der Waals surface area contributed by atoms with E-state index in [2.05, 4.69) is 4.98 Å². The van der Waals surface area contributed by atoms with Crippen LogP contribution in [0.2, 0.25) is 5.02 Å². The Kier molecular flexibility index (Phi) is 7.61. The first-order valence-electron chi connectivity index (χ1n) is 10.4. The van der Waals surface area contributed by atoms with Crippen LogP contribution in [0.25, 0.3) is 28.1 Å². The maximum Gasteiger partial charge on any atom is 0.306 e. The molecular weight excluding hydrogens is 464 g/mol. The van der Waals surface area contributed by atoms with Gasteiger partial charge in [0.15, 0.2) is 11.5 Å². The summed E-state index contributed by atoms with van der Waals surface area (Å²) in [4.78, 5) is 14.2. The first-order chi connectivity index (χ1) is 15.6. The molecule has 0 aliphatic rings. The lowest BCUT2D eigenvalue weighted by Crippen LogP contribution is -2.14. The summed E-state index contributed by atoms with van der Waals surface area (Å²) in [6, 6.07) is 12.4. The zero-order chi connectivity index (χ0) is 24.2. The van der Waals surface area contributed by atoms with Gasteiger partial charge in [0.25, 0.3) is 0 Å². The molecule has 1 atom stereocenters. The predicted molar refractivity (Wildman–Crippen MR) is 131 cm³/mol. The van der Waals surface area contributed by atoms with Crippen LogP contribution >= 0.6 is 11.6 Å². The van der Waals surface area contributed by atoms with Gasteiger partial charge in [-0.05, 0) is 48.4 Å². The minimum Gasteiger partial charge on any atom is -0.481 e. The second kappa shape index (κ2) is 10.2. The molecule has 1 N–H and O–H groups in total. The van der Waals surface area contributed by atoms with Crippen molar-refractivity contribution in [2.75, 3.05) is 5.75 Å². The zero-order valence-corrected chi connectivity index (χ0v) is 20.1. The van der Waals surface area contributed by atoms with Crippen molar-refractivity contribution < 1.29 is 22.7 Å². The molecule has 0 saturated carbocycles. The quantitative estimate of drug-likeness (QED) is 0.370. The van der Waals surface area contributed by atoms with Crippen LogP contribution in [0, 0.1) is 12.8 Å². The summed E-state index contributed by atoms with van der Waals surface area (Å²) in [6.07, 6.45) is 5.65. The van der Waals surface area contributed by atoms with Gasteiger partial charge in [-0.1, -0.05) is 43.7 Å². The highest BCUT2D eigenvalue weighted by Crippen LogP contribution is 2.22. The maximum absolute atomic E-state index is 12.6. The molecule has 4 aromatic rings. The van der Waals surface area contributed by atoms with Crippen molar-refractivity contribution in [2.24, 2.45) is 5.92 Å². The molecule has 7 nitrogen and oxygen atoms in total. The predicted octanol–water partition coefficient (Wildman–Crippen LogP) is 5.75. The van der Waals surface area contributed by atoms with Gasteiger partial charge in [-0.15, -0.1) is 0 Å². The van der Waals surface area contributed by atoms with Crippen LogP contribution in [-0.4, -0.2) is 34.2 Å². The number of oxazole rings is 1. The smallest absolute Gasteiger partial charge is 0.306 e. The number of carbonyl (C=O) groups is 1. The molecule has 2 heterocycles. The number of halogens is 1. The number of aromatic nitrogens is 2. The van der Waals surface area contributed by atoms with Gasteiger partial charge in [0.05, 0.1) is 17.2 Å². The average molecular weight is 489 g/mol. The lowest BCUT2D eigenvalue weighted by molar-refractivity contribution is -0.141. The fourth-order valence-electron chi connectivity index (χ4n) is 3.05. The maximum atomic E-state index is 12.6. The van der Waals surface area contributed by atoms with E-state index in [1.54, 1.807) is 56.5 Å². The van der Waals surface area contributed by atoms with E-state index in [-0.39, 0.29) is 11.7 Å². The van der Waals surface area contributed by atoms with E-state index in [0.29, 0.717) is 22.0 Å². The lowest BCUT2D eigenvalue weighted by atomic mass is 10.1. The first kappa shape index (κ1) is 24.5. The lowest BCUT2D eigenvalue weighted by Gasteiger charge is -2.05.